The number of esters is 8. The summed E-state index contributed by atoms with van der Waals surface area (Å²) in [5, 5.41) is 13.6. The first kappa shape index (κ1) is 44.7. The number of aliphatic hydroxyl groups is 1. The van der Waals surface area contributed by atoms with Gasteiger partial charge in [0, 0.05) is 46.7 Å². The van der Waals surface area contributed by atoms with Crippen molar-refractivity contribution in [2.75, 3.05) is 13.2 Å². The number of rotatable bonds is 8. The fraction of sp³-hybridized carbons (Fsp3) is 0.585. The van der Waals surface area contributed by atoms with Crippen molar-refractivity contribution in [3.8, 4) is 0 Å². The first-order valence-corrected chi connectivity index (χ1v) is 19.4. The SMILES string of the molecule is CC(=O)OCC12C(OC(C)=O)C(OC(C)=O)C3C(OC(=O)c4ccco4)C14OC3(C)COC(=O)c1cccnc1C(C)C(C)C(=O)OC(C(OC(C)=O)C2OC(C)=O)C4(C)O. The molecule has 3 fully saturated rings. The molecule has 2 aliphatic heterocycles. The molecule has 4 bridgehead atoms. The van der Waals surface area contributed by atoms with Crippen molar-refractivity contribution in [1.29, 1.82) is 0 Å². The molecule has 20 heteroatoms. The van der Waals surface area contributed by atoms with Crippen LogP contribution in [0.3, 0.4) is 0 Å². The Morgan fingerprint density at radius 3 is 1.97 bits per heavy atom. The van der Waals surface area contributed by atoms with Gasteiger partial charge in [0.2, 0.25) is 5.76 Å². The van der Waals surface area contributed by atoms with Crippen molar-refractivity contribution in [2.24, 2.45) is 17.3 Å². The van der Waals surface area contributed by atoms with E-state index in [4.69, 9.17) is 47.0 Å². The summed E-state index contributed by atoms with van der Waals surface area (Å²) in [7, 11) is 0. The molecule has 1 N–H and O–H groups in total. The van der Waals surface area contributed by atoms with E-state index in [1.54, 1.807) is 6.92 Å². The van der Waals surface area contributed by atoms with E-state index in [-0.39, 0.29) is 17.0 Å². The molecule has 2 saturated carbocycles. The molecule has 2 aliphatic carbocycles. The molecule has 2 aromatic rings. The summed E-state index contributed by atoms with van der Waals surface area (Å²) in [6.45, 7) is 8.48. The predicted molar refractivity (Wildman–Crippen MR) is 198 cm³/mol. The summed E-state index contributed by atoms with van der Waals surface area (Å²) in [4.78, 5) is 113. The van der Waals surface area contributed by atoms with E-state index in [0.29, 0.717) is 0 Å². The van der Waals surface area contributed by atoms with E-state index < -0.39 is 138 Å². The number of fused-ring (bicyclic) bond motifs is 5. The molecule has 0 aromatic carbocycles. The van der Waals surface area contributed by atoms with Gasteiger partial charge in [-0.2, -0.15) is 0 Å². The molecular weight excluding hydrogens is 810 g/mol. The lowest BCUT2D eigenvalue weighted by Gasteiger charge is -2.67. The van der Waals surface area contributed by atoms with Gasteiger partial charge >= 0.3 is 47.8 Å². The van der Waals surface area contributed by atoms with E-state index in [1.165, 1.54) is 44.3 Å². The monoisotopic (exact) mass is 857 g/mol. The van der Waals surface area contributed by atoms with Gasteiger partial charge in [0.05, 0.1) is 29.4 Å². The van der Waals surface area contributed by atoms with Crippen molar-refractivity contribution in [3.05, 3.63) is 53.7 Å². The quantitative estimate of drug-likeness (QED) is 0.293. The molecule has 61 heavy (non-hydrogen) atoms. The Morgan fingerprint density at radius 2 is 1.39 bits per heavy atom. The zero-order valence-corrected chi connectivity index (χ0v) is 34.8. The third-order valence-corrected chi connectivity index (χ3v) is 12.1. The van der Waals surface area contributed by atoms with Crippen LogP contribution in [0.1, 0.15) is 94.8 Å². The Kier molecular flexibility index (Phi) is 11.8. The van der Waals surface area contributed by atoms with Crippen LogP contribution in [-0.2, 0) is 71.4 Å². The summed E-state index contributed by atoms with van der Waals surface area (Å²) in [5.41, 5.74) is -10.5. The van der Waals surface area contributed by atoms with Gasteiger partial charge < -0.3 is 52.2 Å². The summed E-state index contributed by atoms with van der Waals surface area (Å²) >= 11 is 0. The fourth-order valence-corrected chi connectivity index (χ4v) is 9.64. The third kappa shape index (κ3) is 7.28. The van der Waals surface area contributed by atoms with E-state index in [2.05, 4.69) is 4.98 Å². The standard InChI is InChI=1S/C41H47NO19/c1-18-19(2)35(48)60-32-30(56-22(5)45)34(58-24(7)47)40(17-53-20(3)43)33(57-23(6)46)29(55-21(4)44)27-31(59-37(50)26-13-11-15-52-26)41(40,39(32,9)51)61-38(27,8)16-54-36(49)25-12-10-14-42-28(18)25/h10-15,18-19,27,29-34,51H,16-17H2,1-9H3. The van der Waals surface area contributed by atoms with Gasteiger partial charge in [-0.1, -0.05) is 13.8 Å². The molecule has 20 nitrogen and oxygen atoms in total. The number of hydrogen-bond donors (Lipinski definition) is 1. The Morgan fingerprint density at radius 1 is 0.787 bits per heavy atom. The molecule has 1 spiro atoms. The van der Waals surface area contributed by atoms with E-state index in [0.717, 1.165) is 47.8 Å². The maximum atomic E-state index is 14.5. The molecule has 4 heterocycles. The zero-order chi connectivity index (χ0) is 45.0. The molecule has 0 amide bonds. The number of nitrogens with zero attached hydrogens (tertiary/aromatic N) is 1. The molecular formula is C41H47NO19. The zero-order valence-electron chi connectivity index (χ0n) is 34.8. The average molecular weight is 858 g/mol. The molecule has 4 aliphatic rings. The Bertz CT molecular complexity index is 2120. The number of cyclic esters (lactones) is 1. The average Bonchev–Trinajstić information content (AvgIpc) is 3.79. The first-order valence-electron chi connectivity index (χ1n) is 19.4. The molecule has 330 valence electrons. The summed E-state index contributed by atoms with van der Waals surface area (Å²) in [5.74, 6) is -12.5. The van der Waals surface area contributed by atoms with Crippen molar-refractivity contribution >= 4 is 47.8 Å². The van der Waals surface area contributed by atoms with Gasteiger partial charge in [0.15, 0.2) is 30.0 Å². The minimum absolute atomic E-state index is 0.0614. The number of ether oxygens (including phenoxy) is 9. The van der Waals surface area contributed by atoms with Crippen molar-refractivity contribution in [2.45, 2.75) is 122 Å². The molecule has 6 rings (SSSR count). The van der Waals surface area contributed by atoms with Crippen molar-refractivity contribution in [1.82, 2.24) is 4.98 Å². The van der Waals surface area contributed by atoms with E-state index in [9.17, 15) is 43.5 Å². The summed E-state index contributed by atoms with van der Waals surface area (Å²) < 4.78 is 60.3. The number of carbonyl (C=O) groups is 8. The highest BCUT2D eigenvalue weighted by molar-refractivity contribution is 5.91. The highest BCUT2D eigenvalue weighted by Gasteiger charge is 2.92. The highest BCUT2D eigenvalue weighted by atomic mass is 16.7. The second-order valence-corrected chi connectivity index (χ2v) is 16.1. The van der Waals surface area contributed by atoms with Gasteiger partial charge in [-0.3, -0.25) is 33.8 Å². The van der Waals surface area contributed by atoms with Gasteiger partial charge in [0.25, 0.3) is 0 Å². The second kappa shape index (κ2) is 16.2. The normalized spacial score (nSPS) is 36.5. The molecule has 2 aromatic heterocycles. The van der Waals surface area contributed by atoms with Crippen LogP contribution in [0, 0.1) is 17.3 Å². The minimum Gasteiger partial charge on any atom is -0.465 e. The van der Waals surface area contributed by atoms with Crippen LogP contribution in [-0.4, -0.2) is 124 Å². The van der Waals surface area contributed by atoms with Crippen molar-refractivity contribution < 1.29 is 90.5 Å². The Hall–Kier alpha value is -5.89. The molecule has 13 unspecified atom stereocenters. The number of pyridine rings is 1. The minimum atomic E-state index is -2.89. The maximum Gasteiger partial charge on any atom is 0.374 e. The van der Waals surface area contributed by atoms with E-state index in [1.807, 2.05) is 0 Å². The fourth-order valence-electron chi connectivity index (χ4n) is 9.64. The molecule has 1 saturated heterocycles. The maximum absolute atomic E-state index is 14.5. The van der Waals surface area contributed by atoms with Crippen LogP contribution in [0.25, 0.3) is 0 Å². The smallest absolute Gasteiger partial charge is 0.374 e. The lowest BCUT2D eigenvalue weighted by Crippen LogP contribution is -2.89. The van der Waals surface area contributed by atoms with E-state index >= 15 is 0 Å². The van der Waals surface area contributed by atoms with Gasteiger partial charge in [0.1, 0.15) is 42.0 Å². The highest BCUT2D eigenvalue weighted by Crippen LogP contribution is 2.70. The Balaban J connectivity index is 1.81. The third-order valence-electron chi connectivity index (χ3n) is 12.1. The number of hydrogen-bond acceptors (Lipinski definition) is 20. The lowest BCUT2D eigenvalue weighted by atomic mass is 9.45. The topological polar surface area (TPSA) is 266 Å². The largest absolute Gasteiger partial charge is 0.465 e. The number of furan rings is 1. The molecule has 0 radical (unpaired) electrons. The number of carbonyl (C=O) groups excluding carboxylic acids is 8. The summed E-state index contributed by atoms with van der Waals surface area (Å²) in [6, 6.07) is 5.50. The van der Waals surface area contributed by atoms with Crippen LogP contribution in [0.5, 0.6) is 0 Å². The van der Waals surface area contributed by atoms with Crippen LogP contribution in [0.2, 0.25) is 0 Å². The van der Waals surface area contributed by atoms with Crippen LogP contribution >= 0.6 is 0 Å². The van der Waals surface area contributed by atoms with Gasteiger partial charge in [-0.05, 0) is 38.1 Å². The molecule has 13 atom stereocenters. The first-order chi connectivity index (χ1) is 28.5. The van der Waals surface area contributed by atoms with Gasteiger partial charge in [-0.25, -0.2) is 9.59 Å². The number of aromatic nitrogens is 1. The summed E-state index contributed by atoms with van der Waals surface area (Å²) in [6.07, 6.45) is -9.78. The predicted octanol–water partition coefficient (Wildman–Crippen LogP) is 1.92. The lowest BCUT2D eigenvalue weighted by molar-refractivity contribution is -0.386. The second-order valence-electron chi connectivity index (χ2n) is 16.1. The van der Waals surface area contributed by atoms with Crippen LogP contribution in [0.4, 0.5) is 0 Å². The van der Waals surface area contributed by atoms with Crippen molar-refractivity contribution in [3.63, 3.8) is 0 Å². The van der Waals surface area contributed by atoms with Crippen LogP contribution < -0.4 is 0 Å². The van der Waals surface area contributed by atoms with Gasteiger partial charge in [-0.15, -0.1) is 0 Å². The Labute approximate surface area is 348 Å². The van der Waals surface area contributed by atoms with Crippen LogP contribution in [0.15, 0.2) is 41.1 Å².